The zero-order valence-corrected chi connectivity index (χ0v) is 14.0. The summed E-state index contributed by atoms with van der Waals surface area (Å²) in [4.78, 5) is 24.8. The number of carbonyl (C=O) groups excluding carboxylic acids is 2. The van der Waals surface area contributed by atoms with Crippen molar-refractivity contribution in [1.82, 2.24) is 15.0 Å². The van der Waals surface area contributed by atoms with Crippen LogP contribution in [-0.2, 0) is 19.4 Å². The maximum Gasteiger partial charge on any atom is 0.267 e. The van der Waals surface area contributed by atoms with Crippen LogP contribution in [0.3, 0.4) is 0 Å². The predicted octanol–water partition coefficient (Wildman–Crippen LogP) is 2.75. The quantitative estimate of drug-likeness (QED) is 0.743. The Labute approximate surface area is 144 Å². The number of fused-ring (bicyclic) bond motifs is 3. The number of nitrogens with one attached hydrogen (secondary N) is 1. The van der Waals surface area contributed by atoms with Crippen LogP contribution >= 0.6 is 0 Å². The number of benzene rings is 1. The van der Waals surface area contributed by atoms with Gasteiger partial charge < -0.3 is 14.4 Å². The molecule has 0 atom stereocenters. The van der Waals surface area contributed by atoms with Crippen LogP contribution in [0.1, 0.15) is 45.6 Å². The molecule has 1 aromatic carbocycles. The summed E-state index contributed by atoms with van der Waals surface area (Å²) in [5.41, 5.74) is 2.85. The van der Waals surface area contributed by atoms with E-state index in [1.54, 1.807) is 0 Å². The van der Waals surface area contributed by atoms with Gasteiger partial charge in [0.2, 0.25) is 0 Å². The van der Waals surface area contributed by atoms with E-state index in [9.17, 15) is 9.59 Å². The molecule has 3 heterocycles. The number of hydrogen-bond acceptors (Lipinski definition) is 4. The fourth-order valence-electron chi connectivity index (χ4n) is 3.26. The zero-order chi connectivity index (χ0) is 17.4. The molecule has 0 saturated heterocycles. The maximum absolute atomic E-state index is 12.6. The summed E-state index contributed by atoms with van der Waals surface area (Å²) in [5.74, 6) is 0.712. The van der Waals surface area contributed by atoms with E-state index < -0.39 is 0 Å². The van der Waals surface area contributed by atoms with Gasteiger partial charge in [-0.2, -0.15) is 0 Å². The summed E-state index contributed by atoms with van der Waals surface area (Å²) >= 11 is 0. The minimum atomic E-state index is -0.0590. The molecule has 128 valence electrons. The summed E-state index contributed by atoms with van der Waals surface area (Å²) in [6, 6.07) is 9.29. The summed E-state index contributed by atoms with van der Waals surface area (Å²) in [6.07, 6.45) is 1.84. The standard InChI is InChI=1S/C19H19N3O3/c1-2-15-10-14(21-25-15)11-18(23)13-5-4-12-8-17-19(24)20-6-3-7-22(17)16(12)9-13/h4-5,8-10H,2-3,6-7,11H2,1H3,(H,20,24). The van der Waals surface area contributed by atoms with Gasteiger partial charge in [-0.25, -0.2) is 0 Å². The Morgan fingerprint density at radius 3 is 3.00 bits per heavy atom. The number of aromatic nitrogens is 2. The topological polar surface area (TPSA) is 77.1 Å². The lowest BCUT2D eigenvalue weighted by molar-refractivity contribution is 0.0950. The third-order valence-electron chi connectivity index (χ3n) is 4.60. The largest absolute Gasteiger partial charge is 0.361 e. The van der Waals surface area contributed by atoms with Gasteiger partial charge >= 0.3 is 0 Å². The van der Waals surface area contributed by atoms with Crippen LogP contribution in [0, 0.1) is 0 Å². The Balaban J connectivity index is 1.67. The first-order valence-corrected chi connectivity index (χ1v) is 8.55. The second-order valence-electron chi connectivity index (χ2n) is 6.30. The summed E-state index contributed by atoms with van der Waals surface area (Å²) in [7, 11) is 0. The fraction of sp³-hybridized carbons (Fsp3) is 0.316. The molecule has 0 saturated carbocycles. The van der Waals surface area contributed by atoms with E-state index in [4.69, 9.17) is 4.52 Å². The molecule has 0 radical (unpaired) electrons. The minimum absolute atomic E-state index is 0.00789. The van der Waals surface area contributed by atoms with Crippen molar-refractivity contribution in [2.24, 2.45) is 0 Å². The third-order valence-corrected chi connectivity index (χ3v) is 4.60. The molecule has 2 aromatic heterocycles. The number of ketones is 1. The summed E-state index contributed by atoms with van der Waals surface area (Å²) in [5, 5.41) is 7.81. The van der Waals surface area contributed by atoms with Crippen molar-refractivity contribution < 1.29 is 14.1 Å². The van der Waals surface area contributed by atoms with E-state index >= 15 is 0 Å². The first-order chi connectivity index (χ1) is 12.2. The molecule has 25 heavy (non-hydrogen) atoms. The molecule has 6 nitrogen and oxygen atoms in total. The Morgan fingerprint density at radius 1 is 1.32 bits per heavy atom. The van der Waals surface area contributed by atoms with Crippen LogP contribution in [0.5, 0.6) is 0 Å². The van der Waals surface area contributed by atoms with Crippen LogP contribution < -0.4 is 5.32 Å². The average Bonchev–Trinajstić information content (AvgIpc) is 3.17. The molecule has 4 rings (SSSR count). The lowest BCUT2D eigenvalue weighted by Crippen LogP contribution is -2.22. The second-order valence-corrected chi connectivity index (χ2v) is 6.30. The lowest BCUT2D eigenvalue weighted by atomic mass is 10.0. The van der Waals surface area contributed by atoms with Crippen molar-refractivity contribution in [2.45, 2.75) is 32.7 Å². The van der Waals surface area contributed by atoms with Gasteiger partial charge in [-0.15, -0.1) is 0 Å². The van der Waals surface area contributed by atoms with Gasteiger partial charge in [-0.3, -0.25) is 9.59 Å². The van der Waals surface area contributed by atoms with Crippen LogP contribution in [0.15, 0.2) is 34.9 Å². The van der Waals surface area contributed by atoms with E-state index in [1.165, 1.54) is 0 Å². The van der Waals surface area contributed by atoms with Crippen molar-refractivity contribution in [2.75, 3.05) is 6.54 Å². The number of aryl methyl sites for hydroxylation is 2. The Hall–Kier alpha value is -2.89. The Kier molecular flexibility index (Phi) is 3.87. The van der Waals surface area contributed by atoms with E-state index in [0.29, 0.717) is 23.5 Å². The van der Waals surface area contributed by atoms with Gasteiger partial charge in [0.15, 0.2) is 5.78 Å². The van der Waals surface area contributed by atoms with Crippen molar-refractivity contribution in [3.8, 4) is 0 Å². The average molecular weight is 337 g/mol. The lowest BCUT2D eigenvalue weighted by Gasteiger charge is -2.06. The highest BCUT2D eigenvalue weighted by Crippen LogP contribution is 2.24. The Bertz CT molecular complexity index is 968. The number of carbonyl (C=O) groups is 2. The number of rotatable bonds is 4. The molecule has 0 unspecified atom stereocenters. The molecule has 6 heteroatoms. The predicted molar refractivity (Wildman–Crippen MR) is 92.8 cm³/mol. The molecule has 0 aliphatic carbocycles. The van der Waals surface area contributed by atoms with Crippen molar-refractivity contribution in [3.63, 3.8) is 0 Å². The summed E-state index contributed by atoms with van der Waals surface area (Å²) in [6.45, 7) is 3.42. The highest BCUT2D eigenvalue weighted by Gasteiger charge is 2.19. The van der Waals surface area contributed by atoms with Crippen molar-refractivity contribution >= 4 is 22.6 Å². The molecule has 1 amide bonds. The van der Waals surface area contributed by atoms with Crippen LogP contribution in [0.2, 0.25) is 0 Å². The first kappa shape index (κ1) is 15.6. The smallest absolute Gasteiger partial charge is 0.267 e. The highest BCUT2D eigenvalue weighted by molar-refractivity contribution is 6.03. The summed E-state index contributed by atoms with van der Waals surface area (Å²) < 4.78 is 7.16. The molecular formula is C19H19N3O3. The van der Waals surface area contributed by atoms with Crippen LogP contribution in [-0.4, -0.2) is 28.0 Å². The zero-order valence-electron chi connectivity index (χ0n) is 14.0. The number of hydrogen-bond donors (Lipinski definition) is 1. The number of Topliss-reactive ketones (excluding diaryl/α,β-unsaturated/α-hetero) is 1. The molecule has 0 bridgehead atoms. The monoisotopic (exact) mass is 337 g/mol. The number of nitrogens with zero attached hydrogens (tertiary/aromatic N) is 2. The first-order valence-electron chi connectivity index (χ1n) is 8.55. The maximum atomic E-state index is 12.6. The molecule has 1 N–H and O–H groups in total. The SMILES string of the molecule is CCc1cc(CC(=O)c2ccc3cc4n(c3c2)CCCNC4=O)no1. The Morgan fingerprint density at radius 2 is 2.20 bits per heavy atom. The van der Waals surface area contributed by atoms with Gasteiger partial charge in [0.05, 0.1) is 12.1 Å². The van der Waals surface area contributed by atoms with Crippen LogP contribution in [0.25, 0.3) is 10.9 Å². The van der Waals surface area contributed by atoms with E-state index in [-0.39, 0.29) is 18.1 Å². The molecule has 0 fully saturated rings. The molecule has 0 spiro atoms. The normalized spacial score (nSPS) is 14.2. The third kappa shape index (κ3) is 2.84. The van der Waals surface area contributed by atoms with Gasteiger partial charge in [0.1, 0.15) is 11.5 Å². The molecule has 3 aromatic rings. The molecule has 1 aliphatic heterocycles. The van der Waals surface area contributed by atoms with E-state index in [1.807, 2.05) is 41.8 Å². The van der Waals surface area contributed by atoms with Gasteiger partial charge in [-0.1, -0.05) is 24.2 Å². The van der Waals surface area contributed by atoms with Gasteiger partial charge in [0, 0.05) is 42.0 Å². The fourth-order valence-corrected chi connectivity index (χ4v) is 3.26. The minimum Gasteiger partial charge on any atom is -0.361 e. The van der Waals surface area contributed by atoms with Gasteiger partial charge in [-0.05, 0) is 18.6 Å². The second kappa shape index (κ2) is 6.20. The van der Waals surface area contributed by atoms with Crippen molar-refractivity contribution in [3.05, 3.63) is 53.0 Å². The van der Waals surface area contributed by atoms with E-state index in [0.717, 1.165) is 36.0 Å². The number of amides is 1. The highest BCUT2D eigenvalue weighted by atomic mass is 16.5. The van der Waals surface area contributed by atoms with E-state index in [2.05, 4.69) is 10.5 Å². The molecular weight excluding hydrogens is 318 g/mol. The van der Waals surface area contributed by atoms with Crippen LogP contribution in [0.4, 0.5) is 0 Å². The molecule has 1 aliphatic rings. The van der Waals surface area contributed by atoms with Crippen molar-refractivity contribution in [1.29, 1.82) is 0 Å². The van der Waals surface area contributed by atoms with Gasteiger partial charge in [0.25, 0.3) is 5.91 Å².